The second kappa shape index (κ2) is 10.7. The van der Waals surface area contributed by atoms with Crippen molar-refractivity contribution in [3.05, 3.63) is 92.5 Å². The lowest BCUT2D eigenvalue weighted by atomic mass is 9.93. The van der Waals surface area contributed by atoms with E-state index in [1.807, 2.05) is 18.0 Å². The maximum absolute atomic E-state index is 5.01. The van der Waals surface area contributed by atoms with Crippen molar-refractivity contribution in [2.24, 2.45) is 4.99 Å². The Morgan fingerprint density at radius 1 is 0.839 bits per heavy atom. The van der Waals surface area contributed by atoms with Gasteiger partial charge in [0.05, 0.1) is 5.69 Å². The molecule has 3 heteroatoms. The Hall–Kier alpha value is -1.84. The van der Waals surface area contributed by atoms with Crippen molar-refractivity contribution in [1.82, 2.24) is 0 Å². The fourth-order valence-electron chi connectivity index (χ4n) is 3.78. The van der Waals surface area contributed by atoms with Crippen molar-refractivity contribution in [3.8, 4) is 0 Å². The average Bonchev–Trinajstić information content (AvgIpc) is 2.73. The molecule has 3 rings (SSSR count). The molecular weight excluding hydrogens is 462 g/mol. The number of para-hydroxylation sites is 1. The molecule has 3 aromatic rings. The fraction of sp³-hybridized carbons (Fsp3) is 0.321. The summed E-state index contributed by atoms with van der Waals surface area (Å²) in [6, 6.07) is 19.5. The molecule has 0 aliphatic rings. The van der Waals surface area contributed by atoms with Gasteiger partial charge in [0, 0.05) is 26.9 Å². The molecule has 0 fully saturated rings. The van der Waals surface area contributed by atoms with E-state index in [1.54, 1.807) is 0 Å². The van der Waals surface area contributed by atoms with Gasteiger partial charge < -0.3 is 0 Å². The zero-order valence-corrected chi connectivity index (χ0v) is 21.8. The minimum absolute atomic E-state index is 0.439. The van der Waals surface area contributed by atoms with Gasteiger partial charge in [-0.3, -0.25) is 4.99 Å². The van der Waals surface area contributed by atoms with E-state index in [2.05, 4.69) is 112 Å². The fourth-order valence-corrected chi connectivity index (χ4v) is 5.61. The number of rotatable bonds is 7. The minimum atomic E-state index is 0.439. The van der Waals surface area contributed by atoms with Crippen LogP contribution in [-0.2, 0) is 5.75 Å². The van der Waals surface area contributed by atoms with Gasteiger partial charge in [-0.15, -0.1) is 11.8 Å². The zero-order valence-electron chi connectivity index (χ0n) is 19.4. The molecular formula is C28H32BrNS. The van der Waals surface area contributed by atoms with Crippen molar-refractivity contribution >= 4 is 39.6 Å². The summed E-state index contributed by atoms with van der Waals surface area (Å²) in [6.07, 6.45) is 2.02. The van der Waals surface area contributed by atoms with Gasteiger partial charge in [0.15, 0.2) is 0 Å². The van der Waals surface area contributed by atoms with Crippen LogP contribution in [0.5, 0.6) is 0 Å². The van der Waals surface area contributed by atoms with Gasteiger partial charge in [0.2, 0.25) is 0 Å². The maximum Gasteiger partial charge on any atom is 0.0699 e. The highest BCUT2D eigenvalue weighted by atomic mass is 79.9. The van der Waals surface area contributed by atoms with Gasteiger partial charge in [-0.05, 0) is 69.4 Å². The summed E-state index contributed by atoms with van der Waals surface area (Å²) in [5.41, 5.74) is 8.82. The van der Waals surface area contributed by atoms with Gasteiger partial charge in [0.1, 0.15) is 0 Å². The third kappa shape index (κ3) is 5.70. The van der Waals surface area contributed by atoms with Crippen molar-refractivity contribution in [2.45, 2.75) is 64.0 Å². The number of nitrogens with zero attached hydrogens (tertiary/aromatic N) is 1. The monoisotopic (exact) mass is 493 g/mol. The van der Waals surface area contributed by atoms with Crippen molar-refractivity contribution in [3.63, 3.8) is 0 Å². The highest BCUT2D eigenvalue weighted by Gasteiger charge is 2.13. The molecule has 0 saturated heterocycles. The largest absolute Gasteiger partial charge is 0.256 e. The Morgan fingerprint density at radius 3 is 1.97 bits per heavy atom. The number of halogens is 1. The molecule has 3 aromatic carbocycles. The SMILES string of the molecule is Cc1cccc(C)c1SCc1cccc(C=Nc2c(C(C)C)cccc2C(C)C)c1Br. The summed E-state index contributed by atoms with van der Waals surface area (Å²) in [7, 11) is 0. The number of aliphatic imine (C=N–C) groups is 1. The molecule has 1 nitrogen and oxygen atoms in total. The molecule has 0 N–H and O–H groups in total. The third-order valence-electron chi connectivity index (χ3n) is 5.56. The summed E-state index contributed by atoms with van der Waals surface area (Å²) >= 11 is 5.76. The first-order valence-electron chi connectivity index (χ1n) is 10.9. The van der Waals surface area contributed by atoms with E-state index < -0.39 is 0 Å². The molecule has 162 valence electrons. The molecule has 0 radical (unpaired) electrons. The van der Waals surface area contributed by atoms with Gasteiger partial charge in [-0.25, -0.2) is 0 Å². The Labute approximate surface area is 200 Å². The Morgan fingerprint density at radius 2 is 1.39 bits per heavy atom. The molecule has 0 aliphatic carbocycles. The van der Waals surface area contributed by atoms with Crippen molar-refractivity contribution < 1.29 is 0 Å². The van der Waals surface area contributed by atoms with Crippen LogP contribution >= 0.6 is 27.7 Å². The zero-order chi connectivity index (χ0) is 22.5. The number of thioether (sulfide) groups is 1. The summed E-state index contributed by atoms with van der Waals surface area (Å²) < 4.78 is 1.13. The number of benzene rings is 3. The number of hydrogen-bond acceptors (Lipinski definition) is 2. The van der Waals surface area contributed by atoms with Gasteiger partial charge in [0.25, 0.3) is 0 Å². The summed E-state index contributed by atoms with van der Waals surface area (Å²) in [6.45, 7) is 13.3. The highest BCUT2D eigenvalue weighted by Crippen LogP contribution is 2.36. The minimum Gasteiger partial charge on any atom is -0.256 e. The first-order valence-corrected chi connectivity index (χ1v) is 12.7. The lowest BCUT2D eigenvalue weighted by molar-refractivity contribution is 0.835. The van der Waals surface area contributed by atoms with E-state index in [0.29, 0.717) is 11.8 Å². The Kier molecular flexibility index (Phi) is 8.18. The predicted molar refractivity (Wildman–Crippen MR) is 141 cm³/mol. The van der Waals surface area contributed by atoms with E-state index in [4.69, 9.17) is 4.99 Å². The van der Waals surface area contributed by atoms with Crippen LogP contribution < -0.4 is 0 Å². The Bertz CT molecular complexity index is 1040. The van der Waals surface area contributed by atoms with E-state index in [1.165, 1.54) is 32.7 Å². The van der Waals surface area contributed by atoms with Crippen LogP contribution in [0.15, 0.2) is 69.0 Å². The highest BCUT2D eigenvalue weighted by molar-refractivity contribution is 9.10. The first kappa shape index (κ1) is 23.8. The van der Waals surface area contributed by atoms with Gasteiger partial charge >= 0.3 is 0 Å². The van der Waals surface area contributed by atoms with Crippen molar-refractivity contribution in [2.75, 3.05) is 0 Å². The van der Waals surface area contributed by atoms with Gasteiger partial charge in [-0.1, -0.05) is 82.3 Å². The topological polar surface area (TPSA) is 12.4 Å². The molecule has 0 aliphatic heterocycles. The molecule has 0 heterocycles. The smallest absolute Gasteiger partial charge is 0.0699 e. The van der Waals surface area contributed by atoms with E-state index in [-0.39, 0.29) is 0 Å². The number of hydrogen-bond donors (Lipinski definition) is 0. The second-order valence-electron chi connectivity index (χ2n) is 8.68. The Balaban J connectivity index is 1.90. The molecule has 0 atom stereocenters. The van der Waals surface area contributed by atoms with Crippen LogP contribution in [0.2, 0.25) is 0 Å². The maximum atomic E-state index is 5.01. The van der Waals surface area contributed by atoms with Crippen LogP contribution in [0.3, 0.4) is 0 Å². The molecule has 0 aromatic heterocycles. The van der Waals surface area contributed by atoms with E-state index in [0.717, 1.165) is 21.5 Å². The quantitative estimate of drug-likeness (QED) is 0.235. The lowest BCUT2D eigenvalue weighted by Gasteiger charge is -2.16. The van der Waals surface area contributed by atoms with E-state index in [9.17, 15) is 0 Å². The summed E-state index contributed by atoms with van der Waals surface area (Å²) in [5, 5.41) is 0. The third-order valence-corrected chi connectivity index (χ3v) is 7.92. The molecule has 0 saturated carbocycles. The second-order valence-corrected chi connectivity index (χ2v) is 10.5. The molecule has 0 bridgehead atoms. The summed E-state index contributed by atoms with van der Waals surface area (Å²) in [4.78, 5) is 6.38. The molecule has 0 spiro atoms. The lowest BCUT2D eigenvalue weighted by Crippen LogP contribution is -1.96. The van der Waals surface area contributed by atoms with Crippen LogP contribution in [0.25, 0.3) is 0 Å². The predicted octanol–water partition coefficient (Wildman–Crippen LogP) is 9.36. The normalized spacial score (nSPS) is 11.8. The standard InChI is InChI=1S/C28H32BrNS/c1-18(2)24-14-9-15-25(19(3)4)27(24)30-16-22-12-8-13-23(26(22)29)17-31-28-20(5)10-7-11-21(28)6/h7-16,18-19H,17H2,1-6H3. The van der Waals surface area contributed by atoms with Crippen LogP contribution in [0, 0.1) is 13.8 Å². The van der Waals surface area contributed by atoms with Crippen LogP contribution in [0.1, 0.15) is 72.9 Å². The average molecular weight is 495 g/mol. The first-order chi connectivity index (χ1) is 14.8. The number of aryl methyl sites for hydroxylation is 2. The molecule has 0 amide bonds. The molecule has 31 heavy (non-hydrogen) atoms. The van der Waals surface area contributed by atoms with Crippen LogP contribution in [0.4, 0.5) is 5.69 Å². The van der Waals surface area contributed by atoms with E-state index >= 15 is 0 Å². The molecule has 0 unspecified atom stereocenters. The van der Waals surface area contributed by atoms with Crippen LogP contribution in [-0.4, -0.2) is 6.21 Å². The van der Waals surface area contributed by atoms with Crippen molar-refractivity contribution in [1.29, 1.82) is 0 Å². The summed E-state index contributed by atoms with van der Waals surface area (Å²) in [5.74, 6) is 1.80. The van der Waals surface area contributed by atoms with Gasteiger partial charge in [-0.2, -0.15) is 0 Å².